The number of rotatable bonds is 6. The van der Waals surface area contributed by atoms with Crippen molar-refractivity contribution >= 4 is 22.8 Å². The van der Waals surface area contributed by atoms with Crippen molar-refractivity contribution in [3.8, 4) is 0 Å². The average molecular weight is 370 g/mol. The number of nitrogens with one attached hydrogen (secondary N) is 3. The Balaban J connectivity index is 1.42. The van der Waals surface area contributed by atoms with Crippen molar-refractivity contribution in [2.24, 2.45) is 4.99 Å². The molecule has 1 aromatic heterocycles. The summed E-state index contributed by atoms with van der Waals surface area (Å²) in [5, 5.41) is 10.7. The van der Waals surface area contributed by atoms with E-state index >= 15 is 0 Å². The molecule has 2 aromatic rings. The number of carbonyl (C=O) groups is 1. The number of aliphatic imine (C=N–C) groups is 1. The van der Waals surface area contributed by atoms with Crippen LogP contribution in [0.15, 0.2) is 33.7 Å². The SMILES string of the molecule is CN=C(NCCC(=O)NC1CCCCC1)NCc1oc2ccccc2c1C. The van der Waals surface area contributed by atoms with E-state index in [1.165, 1.54) is 19.3 Å². The summed E-state index contributed by atoms with van der Waals surface area (Å²) in [5.74, 6) is 1.67. The maximum absolute atomic E-state index is 12.1. The summed E-state index contributed by atoms with van der Waals surface area (Å²) in [6.07, 6.45) is 6.40. The van der Waals surface area contributed by atoms with Gasteiger partial charge in [0.1, 0.15) is 11.3 Å². The molecule has 0 atom stereocenters. The highest BCUT2D eigenvalue weighted by Gasteiger charge is 2.15. The van der Waals surface area contributed by atoms with Crippen molar-refractivity contribution < 1.29 is 9.21 Å². The molecule has 27 heavy (non-hydrogen) atoms. The third-order valence-corrected chi connectivity index (χ3v) is 5.20. The van der Waals surface area contributed by atoms with Gasteiger partial charge in [-0.3, -0.25) is 9.79 Å². The number of para-hydroxylation sites is 1. The van der Waals surface area contributed by atoms with Gasteiger partial charge in [0, 0.05) is 37.0 Å². The standard InChI is InChI=1S/C21H30N4O2/c1-15-17-10-6-7-11-18(17)27-19(15)14-24-21(22-2)23-13-12-20(26)25-16-8-4-3-5-9-16/h6-7,10-11,16H,3-5,8-9,12-14H2,1-2H3,(H,25,26)(H2,22,23,24). The van der Waals surface area contributed by atoms with Gasteiger partial charge >= 0.3 is 0 Å². The van der Waals surface area contributed by atoms with E-state index in [0.717, 1.165) is 35.1 Å². The number of furan rings is 1. The first-order valence-corrected chi connectivity index (χ1v) is 9.88. The lowest BCUT2D eigenvalue weighted by Crippen LogP contribution is -2.41. The number of nitrogens with zero attached hydrogens (tertiary/aromatic N) is 1. The van der Waals surface area contributed by atoms with Gasteiger partial charge in [0.15, 0.2) is 5.96 Å². The maximum Gasteiger partial charge on any atom is 0.221 e. The molecule has 0 spiro atoms. The van der Waals surface area contributed by atoms with Crippen LogP contribution in [-0.4, -0.2) is 31.5 Å². The fourth-order valence-corrected chi connectivity index (χ4v) is 3.62. The van der Waals surface area contributed by atoms with Crippen LogP contribution in [-0.2, 0) is 11.3 Å². The second-order valence-corrected chi connectivity index (χ2v) is 7.15. The Hall–Kier alpha value is -2.50. The number of amides is 1. The summed E-state index contributed by atoms with van der Waals surface area (Å²) >= 11 is 0. The number of carbonyl (C=O) groups excluding carboxylic acids is 1. The summed E-state index contributed by atoms with van der Waals surface area (Å²) in [7, 11) is 1.73. The summed E-state index contributed by atoms with van der Waals surface area (Å²) in [6, 6.07) is 8.39. The maximum atomic E-state index is 12.1. The number of hydrogen-bond donors (Lipinski definition) is 3. The fraction of sp³-hybridized carbons (Fsp3) is 0.524. The van der Waals surface area contributed by atoms with Crippen LogP contribution in [0, 0.1) is 6.92 Å². The number of aryl methyl sites for hydroxylation is 1. The van der Waals surface area contributed by atoms with Gasteiger partial charge < -0.3 is 20.4 Å². The molecule has 0 aliphatic heterocycles. The predicted octanol–water partition coefficient (Wildman–Crippen LogP) is 3.25. The molecule has 146 valence electrons. The smallest absolute Gasteiger partial charge is 0.221 e. The van der Waals surface area contributed by atoms with Gasteiger partial charge in [-0.2, -0.15) is 0 Å². The molecule has 6 nitrogen and oxygen atoms in total. The van der Waals surface area contributed by atoms with Crippen molar-refractivity contribution in [2.45, 2.75) is 58.0 Å². The van der Waals surface area contributed by atoms with Gasteiger partial charge in [0.25, 0.3) is 0 Å². The third-order valence-electron chi connectivity index (χ3n) is 5.20. The molecule has 0 saturated heterocycles. The Bertz CT molecular complexity index is 791. The Morgan fingerprint density at radius 3 is 2.70 bits per heavy atom. The van der Waals surface area contributed by atoms with Crippen LogP contribution in [0.4, 0.5) is 0 Å². The van der Waals surface area contributed by atoms with Crippen LogP contribution in [0.5, 0.6) is 0 Å². The minimum absolute atomic E-state index is 0.109. The quantitative estimate of drug-likeness (QED) is 0.539. The van der Waals surface area contributed by atoms with E-state index < -0.39 is 0 Å². The molecule has 0 radical (unpaired) electrons. The van der Waals surface area contributed by atoms with E-state index in [1.54, 1.807) is 7.05 Å². The highest BCUT2D eigenvalue weighted by atomic mass is 16.3. The third kappa shape index (κ3) is 5.25. The molecule has 3 rings (SSSR count). The lowest BCUT2D eigenvalue weighted by Gasteiger charge is -2.22. The van der Waals surface area contributed by atoms with E-state index in [0.29, 0.717) is 31.5 Å². The second kappa shape index (κ2) is 9.44. The molecule has 0 bridgehead atoms. The van der Waals surface area contributed by atoms with Crippen LogP contribution in [0.25, 0.3) is 11.0 Å². The second-order valence-electron chi connectivity index (χ2n) is 7.15. The van der Waals surface area contributed by atoms with Crippen molar-refractivity contribution in [2.75, 3.05) is 13.6 Å². The minimum atomic E-state index is 0.109. The van der Waals surface area contributed by atoms with E-state index in [4.69, 9.17) is 4.42 Å². The lowest BCUT2D eigenvalue weighted by molar-refractivity contribution is -0.121. The monoisotopic (exact) mass is 370 g/mol. The van der Waals surface area contributed by atoms with Crippen LogP contribution >= 0.6 is 0 Å². The average Bonchev–Trinajstić information content (AvgIpc) is 3.01. The van der Waals surface area contributed by atoms with Gasteiger partial charge in [-0.1, -0.05) is 37.5 Å². The van der Waals surface area contributed by atoms with Crippen LogP contribution < -0.4 is 16.0 Å². The van der Waals surface area contributed by atoms with E-state index in [2.05, 4.69) is 33.9 Å². The van der Waals surface area contributed by atoms with Crippen molar-refractivity contribution in [1.29, 1.82) is 0 Å². The number of guanidine groups is 1. The summed E-state index contributed by atoms with van der Waals surface area (Å²) in [6.45, 7) is 3.17. The molecule has 6 heteroatoms. The largest absolute Gasteiger partial charge is 0.459 e. The Morgan fingerprint density at radius 2 is 1.96 bits per heavy atom. The van der Waals surface area contributed by atoms with Gasteiger partial charge in [0.2, 0.25) is 5.91 Å². The molecule has 0 unspecified atom stereocenters. The summed E-state index contributed by atoms with van der Waals surface area (Å²) in [5.41, 5.74) is 2.04. The fourth-order valence-electron chi connectivity index (χ4n) is 3.62. The molecule has 1 heterocycles. The predicted molar refractivity (Wildman–Crippen MR) is 109 cm³/mol. The van der Waals surface area contributed by atoms with Crippen molar-refractivity contribution in [3.05, 3.63) is 35.6 Å². The Labute approximate surface area is 160 Å². The zero-order valence-corrected chi connectivity index (χ0v) is 16.3. The van der Waals surface area contributed by atoms with Gasteiger partial charge in [-0.05, 0) is 25.8 Å². The topological polar surface area (TPSA) is 78.7 Å². The first-order chi connectivity index (χ1) is 13.2. The van der Waals surface area contributed by atoms with Crippen molar-refractivity contribution in [1.82, 2.24) is 16.0 Å². The normalized spacial score (nSPS) is 15.7. The molecule has 1 amide bonds. The lowest BCUT2D eigenvalue weighted by atomic mass is 9.95. The summed E-state index contributed by atoms with van der Waals surface area (Å²) < 4.78 is 5.91. The summed E-state index contributed by atoms with van der Waals surface area (Å²) in [4.78, 5) is 16.3. The highest BCUT2D eigenvalue weighted by Crippen LogP contribution is 2.24. The molecule has 1 saturated carbocycles. The molecule has 1 fully saturated rings. The molecular formula is C21H30N4O2. The van der Waals surface area contributed by atoms with E-state index in [1.807, 2.05) is 18.2 Å². The zero-order valence-electron chi connectivity index (χ0n) is 16.3. The van der Waals surface area contributed by atoms with Crippen molar-refractivity contribution in [3.63, 3.8) is 0 Å². The molecule has 1 aliphatic rings. The Morgan fingerprint density at radius 1 is 1.19 bits per heavy atom. The van der Waals surface area contributed by atoms with Crippen LogP contribution in [0.3, 0.4) is 0 Å². The van der Waals surface area contributed by atoms with Crippen LogP contribution in [0.1, 0.15) is 49.8 Å². The number of hydrogen-bond acceptors (Lipinski definition) is 3. The zero-order chi connectivity index (χ0) is 19.1. The first kappa shape index (κ1) is 19.3. The first-order valence-electron chi connectivity index (χ1n) is 9.88. The minimum Gasteiger partial charge on any atom is -0.459 e. The van der Waals surface area contributed by atoms with Gasteiger partial charge in [-0.15, -0.1) is 0 Å². The Kier molecular flexibility index (Phi) is 6.74. The van der Waals surface area contributed by atoms with E-state index in [9.17, 15) is 4.79 Å². The molecule has 1 aliphatic carbocycles. The van der Waals surface area contributed by atoms with E-state index in [-0.39, 0.29) is 5.91 Å². The van der Waals surface area contributed by atoms with Gasteiger partial charge in [0.05, 0.1) is 6.54 Å². The van der Waals surface area contributed by atoms with Crippen LogP contribution in [0.2, 0.25) is 0 Å². The molecule has 3 N–H and O–H groups in total. The number of benzene rings is 1. The molecular weight excluding hydrogens is 340 g/mol. The highest BCUT2D eigenvalue weighted by molar-refractivity contribution is 5.83. The molecule has 1 aromatic carbocycles. The van der Waals surface area contributed by atoms with Gasteiger partial charge in [-0.25, -0.2) is 0 Å². The number of fused-ring (bicyclic) bond motifs is 1.